The molecule has 19 heteroatoms. The van der Waals surface area contributed by atoms with Gasteiger partial charge in [-0.2, -0.15) is 0 Å². The number of aromatic hydroxyl groups is 2. The summed E-state index contributed by atoms with van der Waals surface area (Å²) in [5, 5.41) is 35.2. The summed E-state index contributed by atoms with van der Waals surface area (Å²) in [7, 11) is 0. The predicted molar refractivity (Wildman–Crippen MR) is 517 cm³/mol. The number of hydrogen-bond donors (Lipinski definition) is 3. The molecule has 0 amide bonds. The number of phenolic OH excluding ortho intramolecular Hbond substituents is 2. The molecule has 2 aliphatic carbocycles. The van der Waals surface area contributed by atoms with Gasteiger partial charge in [0.2, 0.25) is 0 Å². The van der Waals surface area contributed by atoms with Crippen LogP contribution in [0.3, 0.4) is 0 Å². The number of aliphatic hydroxyl groups is 1. The van der Waals surface area contributed by atoms with E-state index in [1.807, 2.05) is 91.1 Å². The quantitative estimate of drug-likeness (QED) is 0.0532. The van der Waals surface area contributed by atoms with E-state index in [1.54, 1.807) is 42.9 Å². The number of carbonyl (C=O) groups excluding carboxylic acids is 2. The average molecular weight is 2460 g/mol. The molecule has 0 saturated heterocycles. The fraction of sp³-hybridized carbons (Fsp3) is 0.333. The number of aromatic nitrogens is 6. The number of halogens is 2. The van der Waals surface area contributed by atoms with Gasteiger partial charge in [0.1, 0.15) is 17.3 Å². The molecule has 2 radical (unpaired) electrons. The zero-order valence-electron chi connectivity index (χ0n) is 78.5. The van der Waals surface area contributed by atoms with E-state index in [0.717, 1.165) is 135 Å². The van der Waals surface area contributed by atoms with Gasteiger partial charge in [0.15, 0.2) is 11.6 Å². The number of pyridine rings is 2. The molecule has 0 unspecified atom stereocenters. The van der Waals surface area contributed by atoms with Crippen molar-refractivity contribution in [1.29, 1.82) is 0 Å². The molecule has 130 heavy (non-hydrogen) atoms. The van der Waals surface area contributed by atoms with Crippen molar-refractivity contribution in [3.63, 3.8) is 0 Å². The first kappa shape index (κ1) is 106. The molecule has 12 aromatic rings. The number of para-hydroxylation sites is 2. The zero-order valence-corrected chi connectivity index (χ0v) is 87.9. The average Bonchev–Trinajstić information content (AvgIpc) is 1.23. The van der Waals surface area contributed by atoms with Crippen molar-refractivity contribution in [3.05, 3.63) is 295 Å². The number of alkyl halides is 2. The Labute approximate surface area is 823 Å². The second kappa shape index (κ2) is 44.7. The minimum atomic E-state index is -3.00. The number of ketones is 2. The second-order valence-corrected chi connectivity index (χ2v) is 36.6. The molecule has 5 aromatic heterocycles. The molecule has 4 aliphatic rings. The van der Waals surface area contributed by atoms with Crippen LogP contribution in [0.5, 0.6) is 11.5 Å². The first-order valence-corrected chi connectivity index (χ1v) is 44.5. The van der Waals surface area contributed by atoms with Crippen LogP contribution in [-0.4, -0.2) is 59.3 Å². The van der Waals surface area contributed by atoms with E-state index in [0.29, 0.717) is 58.4 Å². The minimum Gasteiger partial charge on any atom is -0.657 e. The largest absolute Gasteiger partial charge is 2.00 e. The van der Waals surface area contributed by atoms with Gasteiger partial charge in [-0.05, 0) is 189 Å². The summed E-state index contributed by atoms with van der Waals surface area (Å²) in [5.41, 5.74) is 28.4. The van der Waals surface area contributed by atoms with Gasteiger partial charge in [-0.25, -0.2) is 18.7 Å². The Morgan fingerprint density at radius 1 is 0.477 bits per heavy atom. The van der Waals surface area contributed by atoms with Crippen molar-refractivity contribution in [2.75, 3.05) is 0 Å². The Balaban J connectivity index is 0.000000214. The molecule has 7 heterocycles. The van der Waals surface area contributed by atoms with Crippen LogP contribution in [-0.2, 0) is 145 Å². The summed E-state index contributed by atoms with van der Waals surface area (Å²) in [6.45, 7) is 44.9. The summed E-state index contributed by atoms with van der Waals surface area (Å²) in [4.78, 5) is 61.1. The van der Waals surface area contributed by atoms with Gasteiger partial charge in [0, 0.05) is 127 Å². The van der Waals surface area contributed by atoms with Crippen LogP contribution < -0.4 is 9.97 Å². The summed E-state index contributed by atoms with van der Waals surface area (Å²) in [6, 6.07) is 60.6. The molecule has 3 N–H and O–H groups in total. The molecule has 16 rings (SSSR count). The van der Waals surface area contributed by atoms with Gasteiger partial charge in [-0.1, -0.05) is 257 Å². The van der Waals surface area contributed by atoms with Gasteiger partial charge >= 0.3 is 21.1 Å². The summed E-state index contributed by atoms with van der Waals surface area (Å²) >= 11 is 0. The number of benzene rings is 7. The number of aryl methyl sites for hydroxylation is 4. The van der Waals surface area contributed by atoms with Crippen LogP contribution in [0.1, 0.15) is 280 Å². The Kier molecular flexibility index (Phi) is 36.3. The molecule has 13 nitrogen and oxygen atoms in total. The Hall–Kier alpha value is -9.68. The Bertz CT molecular complexity index is 6130. The molecule has 2 aliphatic heterocycles. The fourth-order valence-corrected chi connectivity index (χ4v) is 17.2. The normalized spacial score (nSPS) is 13.5. The third-order valence-electron chi connectivity index (χ3n) is 23.9. The minimum absolute atomic E-state index is 0. The van der Waals surface area contributed by atoms with Crippen molar-refractivity contribution in [1.82, 2.24) is 29.9 Å². The van der Waals surface area contributed by atoms with Crippen LogP contribution in [0, 0.1) is 12.1 Å². The molecular weight excluding hydrogens is 2340 g/mol. The number of aliphatic imine (C=N–C) groups is 2. The van der Waals surface area contributed by atoms with E-state index in [4.69, 9.17) is 35.0 Å². The van der Waals surface area contributed by atoms with Crippen LogP contribution >= 0.6 is 0 Å². The van der Waals surface area contributed by atoms with E-state index in [1.165, 1.54) is 74.4 Å². The predicted octanol–water partition coefficient (Wildman–Crippen LogP) is 28.1. The van der Waals surface area contributed by atoms with Crippen molar-refractivity contribution in [2.24, 2.45) is 9.98 Å². The second-order valence-electron chi connectivity index (χ2n) is 36.6. The summed E-state index contributed by atoms with van der Waals surface area (Å²) < 4.78 is 29.2. The maximum Gasteiger partial charge on any atom is 2.00 e. The third-order valence-corrected chi connectivity index (χ3v) is 23.9. The number of Topliss-reactive ketones (excluding diaryl/α,β-unsaturated/α-hetero) is 2. The van der Waals surface area contributed by atoms with Crippen LogP contribution in [0.2, 0.25) is 0 Å². The molecule has 688 valence electrons. The van der Waals surface area contributed by atoms with Gasteiger partial charge in [-0.3, -0.25) is 19.6 Å². The molecule has 0 fully saturated rings. The van der Waals surface area contributed by atoms with Crippen molar-refractivity contribution >= 4 is 101 Å². The smallest absolute Gasteiger partial charge is 0.657 e. The van der Waals surface area contributed by atoms with Crippen LogP contribution in [0.25, 0.3) is 88.4 Å². The molecule has 0 spiro atoms. The number of carbonyl (C=O) groups is 2. The van der Waals surface area contributed by atoms with Gasteiger partial charge in [0.25, 0.3) is 5.92 Å². The third kappa shape index (κ3) is 23.1. The number of rotatable bonds is 14. The van der Waals surface area contributed by atoms with Gasteiger partial charge in [0.05, 0.1) is 39.7 Å². The number of nitrogens with zero attached hydrogens (tertiary/aromatic N) is 8. The Morgan fingerprint density at radius 2 is 0.885 bits per heavy atom. The van der Waals surface area contributed by atoms with E-state index in [9.17, 15) is 28.6 Å². The number of aliphatic hydroxyl groups excluding tert-OH is 1. The first-order valence-electron chi connectivity index (χ1n) is 44.5. The molecule has 0 saturated carbocycles. The van der Waals surface area contributed by atoms with Crippen LogP contribution in [0.15, 0.2) is 204 Å². The van der Waals surface area contributed by atoms with E-state index in [2.05, 4.69) is 209 Å². The van der Waals surface area contributed by atoms with E-state index >= 15 is 0 Å². The number of allylic oxidation sites excluding steroid dienone is 6. The summed E-state index contributed by atoms with van der Waals surface area (Å²) in [6.07, 6.45) is 16.0. The maximum absolute atomic E-state index is 14.6. The molecule has 8 bridgehead atoms. The molecule has 7 aromatic carbocycles. The van der Waals surface area contributed by atoms with Crippen molar-refractivity contribution in [3.8, 4) is 34.0 Å². The van der Waals surface area contributed by atoms with E-state index in [-0.39, 0.29) is 150 Å². The van der Waals surface area contributed by atoms with E-state index < -0.39 is 5.92 Å². The van der Waals surface area contributed by atoms with Crippen molar-refractivity contribution < 1.29 is 116 Å². The summed E-state index contributed by atoms with van der Waals surface area (Å²) in [5.74, 6) is -3.07. The number of phenols is 2. The number of hydrogen-bond acceptors (Lipinski definition) is 11. The SMILES string of the molecule is CC(=O)C1=C(O)CCCC1=O.CC(C)(C)c1cc(C=Nc2ccccc2N=Cc2cc(C(C)(C)C)cc(C(C)(C)C)c2O)c(O)c(C(C)(C)C)c1.CCC1=C(CC)c2cc3[n-]c(cc4nc(cc5[n-]c(cc1n2)c(CC)c5CC)C(CC)=C4CC)c(CC)c3CC.FC1(F)c2ccc[c-]c2-c2nccc3cccc1c23.[Ir].[Ir].[Pt+2].[Pt].[c-]1ccccc1-c1nccc2ccccc12. The fourth-order valence-electron chi connectivity index (χ4n) is 17.2. The zero-order chi connectivity index (χ0) is 91.1. The molecular formula is C111H120F2Ir2N8O5Pt2-2. The van der Waals surface area contributed by atoms with Crippen LogP contribution in [0.4, 0.5) is 20.2 Å². The van der Waals surface area contributed by atoms with Crippen molar-refractivity contribution in [2.45, 2.75) is 244 Å². The Morgan fingerprint density at radius 3 is 1.28 bits per heavy atom. The standard InChI is InChI=1S/C36H44N4.C36H48N2O2.C16H8F2N.C15H10N.C8H10O3.2Ir.2Pt/c1-9-21-22(10-2)30-18-32-25(13-5)26(14-6)34(39-32)20-36-28(16-8)27(15-7)35(40-36)19-33-24(12-4)23(11-3)31(38-33)17-29(21)37-30;1-33(2,3)25-17-23(31(39)27(19-25)35(7,8)9)21-37-29-15-13-14-16-30(29)38-22-24-18-26(34(4,5)6)20-28(32(24)40)36(10,11)12;17-16(18)12-6-2-1-5-11(12)15-14-10(8-9-19-15)4-3-7-13(14)16;1-2-7-13(8-3-1)15-14-9-5-4-6-12(14)10-11-16-15;1-5(9)8-6(10)3-2-4-7(8)11;;;;/h17-20H,9-16H2,1-8H3;13-22,39-40H,1-12H3;1-4,6-9H;1-7,9-11H;10H,2-4H2,1H3;;;;/q-2;;2*-1;;;;;+2. The maximum atomic E-state index is 14.6. The topological polar surface area (TPSA) is 199 Å². The monoisotopic (exact) mass is 2460 g/mol. The first-order chi connectivity index (χ1) is 59.9. The number of fused-ring (bicyclic) bond motifs is 11. The molecule has 0 atom stereocenters. The van der Waals surface area contributed by atoms with Gasteiger partial charge in [-0.15, -0.1) is 87.8 Å². The van der Waals surface area contributed by atoms with Gasteiger partial charge < -0.3 is 35.3 Å².